The van der Waals surface area contributed by atoms with Crippen molar-refractivity contribution < 1.29 is 5.11 Å². The molecule has 0 fully saturated rings. The Kier molecular flexibility index (Phi) is 7.43. The van der Waals surface area contributed by atoms with Gasteiger partial charge in [0.2, 0.25) is 0 Å². The first-order valence-electron chi connectivity index (χ1n) is 8.03. The van der Waals surface area contributed by atoms with Crippen LogP contribution in [0.2, 0.25) is 0 Å². The fraction of sp³-hybridized carbons (Fsp3) is 0.750. The van der Waals surface area contributed by atoms with Gasteiger partial charge in [0.15, 0.2) is 0 Å². The highest BCUT2D eigenvalue weighted by Gasteiger charge is 2.17. The summed E-state index contributed by atoms with van der Waals surface area (Å²) in [4.78, 5) is 11.6. The second-order valence-corrected chi connectivity index (χ2v) is 5.63. The lowest BCUT2D eigenvalue weighted by Gasteiger charge is -2.26. The van der Waals surface area contributed by atoms with Gasteiger partial charge in [-0.15, -0.1) is 0 Å². The van der Waals surface area contributed by atoms with Crippen molar-refractivity contribution in [2.75, 3.05) is 36.5 Å². The van der Waals surface area contributed by atoms with E-state index in [1.165, 1.54) is 0 Å². The predicted octanol–water partition coefficient (Wildman–Crippen LogP) is 2.94. The normalized spacial score (nSPS) is 11.0. The van der Waals surface area contributed by atoms with Gasteiger partial charge in [-0.25, -0.2) is 9.97 Å². The van der Waals surface area contributed by atoms with Crippen molar-refractivity contribution in [2.45, 2.75) is 53.4 Å². The lowest BCUT2D eigenvalue weighted by atomic mass is 10.2. The van der Waals surface area contributed by atoms with Crippen LogP contribution < -0.4 is 10.2 Å². The summed E-state index contributed by atoms with van der Waals surface area (Å²) in [5, 5.41) is 12.7. The quantitative estimate of drug-likeness (QED) is 0.733. The van der Waals surface area contributed by atoms with Crippen molar-refractivity contribution in [3.05, 3.63) is 11.4 Å². The summed E-state index contributed by atoms with van der Waals surface area (Å²) in [6.07, 6.45) is 2.22. The molecule has 0 unspecified atom stereocenters. The average Bonchev–Trinajstić information content (AvgIpc) is 2.46. The van der Waals surface area contributed by atoms with Gasteiger partial charge < -0.3 is 15.3 Å². The average molecular weight is 294 g/mol. The summed E-state index contributed by atoms with van der Waals surface area (Å²) in [6.45, 7) is 13.0. The molecule has 120 valence electrons. The van der Waals surface area contributed by atoms with Gasteiger partial charge in [-0.3, -0.25) is 0 Å². The summed E-state index contributed by atoms with van der Waals surface area (Å²) in [5.74, 6) is 2.99. The third kappa shape index (κ3) is 4.84. The maximum Gasteiger partial charge on any atom is 0.137 e. The van der Waals surface area contributed by atoms with Gasteiger partial charge in [0, 0.05) is 31.1 Å². The zero-order valence-electron chi connectivity index (χ0n) is 14.1. The van der Waals surface area contributed by atoms with E-state index < -0.39 is 0 Å². The molecule has 0 amide bonds. The van der Waals surface area contributed by atoms with Crippen LogP contribution in [-0.2, 0) is 0 Å². The molecule has 0 aliphatic carbocycles. The van der Waals surface area contributed by atoms with Crippen LogP contribution in [0.1, 0.15) is 57.8 Å². The van der Waals surface area contributed by atoms with Crippen molar-refractivity contribution in [3.8, 4) is 0 Å². The van der Waals surface area contributed by atoms with Crippen LogP contribution in [0.25, 0.3) is 0 Å². The number of aliphatic hydroxyl groups excluding tert-OH is 1. The van der Waals surface area contributed by atoms with Gasteiger partial charge in [-0.1, -0.05) is 27.2 Å². The maximum atomic E-state index is 9.34. The summed E-state index contributed by atoms with van der Waals surface area (Å²) in [5.41, 5.74) is 1.06. The molecule has 0 saturated carbocycles. The van der Waals surface area contributed by atoms with Crippen LogP contribution in [0, 0.1) is 6.92 Å². The lowest BCUT2D eigenvalue weighted by Crippen LogP contribution is -2.30. The first-order valence-corrected chi connectivity index (χ1v) is 8.03. The number of nitrogens with one attached hydrogen (secondary N) is 1. The van der Waals surface area contributed by atoms with Gasteiger partial charge in [-0.2, -0.15) is 0 Å². The largest absolute Gasteiger partial charge is 0.395 e. The van der Waals surface area contributed by atoms with Gasteiger partial charge in [-0.05, 0) is 20.3 Å². The van der Waals surface area contributed by atoms with E-state index in [9.17, 15) is 5.11 Å². The summed E-state index contributed by atoms with van der Waals surface area (Å²) in [7, 11) is 0. The molecule has 0 atom stereocenters. The van der Waals surface area contributed by atoms with E-state index in [-0.39, 0.29) is 12.5 Å². The molecular weight excluding hydrogens is 264 g/mol. The van der Waals surface area contributed by atoms with E-state index in [0.29, 0.717) is 6.54 Å². The van der Waals surface area contributed by atoms with Crippen molar-refractivity contribution >= 4 is 11.6 Å². The molecule has 21 heavy (non-hydrogen) atoms. The summed E-state index contributed by atoms with van der Waals surface area (Å²) < 4.78 is 0. The number of aromatic nitrogens is 2. The van der Waals surface area contributed by atoms with Gasteiger partial charge in [0.05, 0.1) is 6.61 Å². The van der Waals surface area contributed by atoms with Crippen LogP contribution in [0.5, 0.6) is 0 Å². The van der Waals surface area contributed by atoms with E-state index >= 15 is 0 Å². The molecule has 0 aromatic carbocycles. The Bertz CT molecular complexity index is 435. The highest BCUT2D eigenvalue weighted by molar-refractivity contribution is 5.58. The zero-order chi connectivity index (χ0) is 15.8. The van der Waals surface area contributed by atoms with Crippen LogP contribution in [0.3, 0.4) is 0 Å². The molecule has 2 N–H and O–H groups in total. The van der Waals surface area contributed by atoms with E-state index in [1.807, 2.05) is 6.92 Å². The minimum Gasteiger partial charge on any atom is -0.395 e. The molecule has 5 heteroatoms. The Labute approximate surface area is 128 Å². The standard InChI is InChI=1S/C16H30N4O/c1-6-8-9-20(10-11-21)16-13(5)15(17-7-2)18-14(19-16)12(3)4/h12,21H,6-11H2,1-5H3,(H,17,18,19). The molecule has 0 bridgehead atoms. The number of nitrogens with zero attached hydrogens (tertiary/aromatic N) is 3. The van der Waals surface area contributed by atoms with E-state index in [1.54, 1.807) is 0 Å². The molecule has 0 spiro atoms. The van der Waals surface area contributed by atoms with Crippen LogP contribution in [0.15, 0.2) is 0 Å². The Balaban J connectivity index is 3.21. The summed E-state index contributed by atoms with van der Waals surface area (Å²) >= 11 is 0. The number of anilines is 2. The minimum absolute atomic E-state index is 0.140. The molecule has 1 aromatic rings. The van der Waals surface area contributed by atoms with Gasteiger partial charge >= 0.3 is 0 Å². The van der Waals surface area contributed by atoms with E-state index in [2.05, 4.69) is 42.9 Å². The fourth-order valence-electron chi connectivity index (χ4n) is 2.22. The van der Waals surface area contributed by atoms with E-state index in [0.717, 1.165) is 49.0 Å². The second-order valence-electron chi connectivity index (χ2n) is 5.63. The second kappa shape index (κ2) is 8.82. The third-order valence-corrected chi connectivity index (χ3v) is 3.45. The van der Waals surface area contributed by atoms with Crippen LogP contribution in [-0.4, -0.2) is 41.3 Å². The smallest absolute Gasteiger partial charge is 0.137 e. The molecule has 1 aromatic heterocycles. The highest BCUT2D eigenvalue weighted by Crippen LogP contribution is 2.26. The van der Waals surface area contributed by atoms with Crippen molar-refractivity contribution in [2.24, 2.45) is 0 Å². The van der Waals surface area contributed by atoms with Crippen LogP contribution in [0.4, 0.5) is 11.6 Å². The molecule has 0 aliphatic rings. The topological polar surface area (TPSA) is 61.3 Å². The van der Waals surface area contributed by atoms with Crippen molar-refractivity contribution in [1.29, 1.82) is 0 Å². The number of hydrogen-bond acceptors (Lipinski definition) is 5. The Hall–Kier alpha value is -1.36. The highest BCUT2D eigenvalue weighted by atomic mass is 16.3. The Morgan fingerprint density at radius 2 is 1.90 bits per heavy atom. The number of rotatable bonds is 9. The number of unbranched alkanes of at least 4 members (excludes halogenated alkanes) is 1. The minimum atomic E-state index is 0.140. The van der Waals surface area contributed by atoms with Crippen LogP contribution >= 0.6 is 0 Å². The Morgan fingerprint density at radius 3 is 2.43 bits per heavy atom. The molecule has 0 radical (unpaired) electrons. The van der Waals surface area contributed by atoms with Crippen molar-refractivity contribution in [1.82, 2.24) is 9.97 Å². The molecule has 1 rings (SSSR count). The number of hydrogen-bond donors (Lipinski definition) is 2. The molecule has 5 nitrogen and oxygen atoms in total. The zero-order valence-corrected chi connectivity index (χ0v) is 14.1. The SMILES string of the molecule is CCCCN(CCO)c1nc(C(C)C)nc(NCC)c1C. The molecule has 0 aliphatic heterocycles. The van der Waals surface area contributed by atoms with Gasteiger partial charge in [0.25, 0.3) is 0 Å². The Morgan fingerprint density at radius 1 is 1.19 bits per heavy atom. The summed E-state index contributed by atoms with van der Waals surface area (Å²) in [6, 6.07) is 0. The first-order chi connectivity index (χ1) is 10.0. The predicted molar refractivity (Wildman–Crippen MR) is 89.2 cm³/mol. The lowest BCUT2D eigenvalue weighted by molar-refractivity contribution is 0.301. The third-order valence-electron chi connectivity index (χ3n) is 3.45. The van der Waals surface area contributed by atoms with Gasteiger partial charge in [0.1, 0.15) is 17.5 Å². The molecule has 1 heterocycles. The molecular formula is C16H30N4O. The first kappa shape index (κ1) is 17.7. The fourth-order valence-corrected chi connectivity index (χ4v) is 2.22. The maximum absolute atomic E-state index is 9.34. The number of aliphatic hydroxyl groups is 1. The monoisotopic (exact) mass is 294 g/mol. The van der Waals surface area contributed by atoms with E-state index in [4.69, 9.17) is 4.98 Å². The van der Waals surface area contributed by atoms with Crippen molar-refractivity contribution in [3.63, 3.8) is 0 Å². The molecule has 0 saturated heterocycles.